The first-order valence-corrected chi connectivity index (χ1v) is 9.31. The molecule has 0 spiro atoms. The Labute approximate surface area is 144 Å². The minimum absolute atomic E-state index is 0.439. The molecule has 1 aromatic heterocycles. The molecule has 3 fully saturated rings. The van der Waals surface area contributed by atoms with E-state index < -0.39 is 0 Å². The quantitative estimate of drug-likeness (QED) is 0.747. The van der Waals surface area contributed by atoms with Gasteiger partial charge in [-0.25, -0.2) is 0 Å². The molecule has 24 heavy (non-hydrogen) atoms. The second-order valence-corrected chi connectivity index (χ2v) is 7.26. The van der Waals surface area contributed by atoms with E-state index in [-0.39, 0.29) is 0 Å². The minimum Gasteiger partial charge on any atom is -0.381 e. The maximum Gasteiger partial charge on any atom is 0.0887 e. The smallest absolute Gasteiger partial charge is 0.0887 e. The Morgan fingerprint density at radius 2 is 2.12 bits per heavy atom. The van der Waals surface area contributed by atoms with E-state index in [0.717, 1.165) is 45.1 Å². The topological polar surface area (TPSA) is 43.8 Å². The zero-order valence-electron chi connectivity index (χ0n) is 14.3. The summed E-state index contributed by atoms with van der Waals surface area (Å²) in [5.74, 6) is 1.33. The zero-order chi connectivity index (χ0) is 16.2. The zero-order valence-corrected chi connectivity index (χ0v) is 14.3. The van der Waals surface area contributed by atoms with Crippen molar-refractivity contribution in [3.05, 3.63) is 30.1 Å². The van der Waals surface area contributed by atoms with Crippen LogP contribution in [0.1, 0.15) is 25.0 Å². The Hall–Kier alpha value is -1.01. The molecule has 5 nitrogen and oxygen atoms in total. The first kappa shape index (κ1) is 16.5. The van der Waals surface area contributed by atoms with Crippen LogP contribution in [0.3, 0.4) is 0 Å². The van der Waals surface area contributed by atoms with E-state index in [0.29, 0.717) is 30.6 Å². The summed E-state index contributed by atoms with van der Waals surface area (Å²) in [6.07, 6.45) is 5.70. The van der Waals surface area contributed by atoms with Crippen molar-refractivity contribution in [2.75, 3.05) is 39.5 Å². The van der Waals surface area contributed by atoms with Crippen molar-refractivity contribution in [3.8, 4) is 0 Å². The Morgan fingerprint density at radius 3 is 2.96 bits per heavy atom. The first-order valence-electron chi connectivity index (χ1n) is 9.31. The van der Waals surface area contributed by atoms with Crippen LogP contribution >= 0.6 is 0 Å². The van der Waals surface area contributed by atoms with Crippen LogP contribution in [-0.2, 0) is 20.8 Å². The normalized spacial score (nSPS) is 31.4. The van der Waals surface area contributed by atoms with Gasteiger partial charge in [0.05, 0.1) is 25.0 Å². The fourth-order valence-electron chi connectivity index (χ4n) is 4.37. The van der Waals surface area contributed by atoms with Crippen molar-refractivity contribution in [2.45, 2.75) is 38.0 Å². The van der Waals surface area contributed by atoms with Crippen LogP contribution in [0, 0.1) is 11.8 Å². The predicted molar refractivity (Wildman–Crippen MR) is 90.6 cm³/mol. The number of likely N-dealkylation sites (tertiary alicyclic amines) is 1. The third-order valence-corrected chi connectivity index (χ3v) is 5.78. The lowest BCUT2D eigenvalue weighted by atomic mass is 9.91. The van der Waals surface area contributed by atoms with E-state index in [1.54, 1.807) is 0 Å². The van der Waals surface area contributed by atoms with E-state index >= 15 is 0 Å². The molecule has 3 aliphatic rings. The van der Waals surface area contributed by atoms with Crippen LogP contribution in [0.5, 0.6) is 0 Å². The second kappa shape index (κ2) is 7.91. The fourth-order valence-corrected chi connectivity index (χ4v) is 4.37. The van der Waals surface area contributed by atoms with Crippen molar-refractivity contribution in [1.29, 1.82) is 0 Å². The molecule has 4 heterocycles. The minimum atomic E-state index is 0.439. The van der Waals surface area contributed by atoms with Gasteiger partial charge >= 0.3 is 0 Å². The highest BCUT2D eigenvalue weighted by molar-refractivity contribution is 5.02. The van der Waals surface area contributed by atoms with Crippen molar-refractivity contribution in [1.82, 2.24) is 9.88 Å². The van der Waals surface area contributed by atoms with E-state index in [1.807, 2.05) is 24.4 Å². The average Bonchev–Trinajstić information content (AvgIpc) is 3.22. The molecule has 0 aromatic carbocycles. The van der Waals surface area contributed by atoms with Crippen molar-refractivity contribution in [2.24, 2.45) is 11.8 Å². The molecule has 1 aromatic rings. The highest BCUT2D eigenvalue weighted by Crippen LogP contribution is 2.37. The van der Waals surface area contributed by atoms with Crippen LogP contribution in [0.15, 0.2) is 24.4 Å². The van der Waals surface area contributed by atoms with Gasteiger partial charge in [0.25, 0.3) is 0 Å². The van der Waals surface area contributed by atoms with E-state index in [9.17, 15) is 0 Å². The summed E-state index contributed by atoms with van der Waals surface area (Å²) < 4.78 is 17.4. The molecular formula is C19H28N2O3. The average molecular weight is 332 g/mol. The third-order valence-electron chi connectivity index (χ3n) is 5.78. The maximum atomic E-state index is 6.09. The number of ether oxygens (including phenoxy) is 3. The summed E-state index contributed by atoms with van der Waals surface area (Å²) in [5, 5.41) is 0. The summed E-state index contributed by atoms with van der Waals surface area (Å²) in [7, 11) is 0. The molecule has 132 valence electrons. The number of hydrogen-bond donors (Lipinski definition) is 0. The number of hydrogen-bond acceptors (Lipinski definition) is 5. The molecule has 0 unspecified atom stereocenters. The van der Waals surface area contributed by atoms with Crippen LogP contribution in [0.2, 0.25) is 0 Å². The third kappa shape index (κ3) is 3.80. The number of aromatic nitrogens is 1. The van der Waals surface area contributed by atoms with Gasteiger partial charge in [0.15, 0.2) is 0 Å². The van der Waals surface area contributed by atoms with Gasteiger partial charge in [-0.2, -0.15) is 0 Å². The van der Waals surface area contributed by atoms with Crippen molar-refractivity contribution < 1.29 is 14.2 Å². The Balaban J connectivity index is 1.21. The maximum absolute atomic E-state index is 6.09. The standard InChI is InChI=1S/C19H28N2O3/c1-2-7-20-16(3-1)14-23-8-4-15-13-24-19-12-21(11-18(15)19)17-5-9-22-10-6-17/h1-3,7,15,17-19H,4-6,8-14H2/t15-,18-,19-/m0/s1. The predicted octanol–water partition coefficient (Wildman–Crippen LogP) is 2.11. The van der Waals surface area contributed by atoms with Crippen LogP contribution < -0.4 is 0 Å². The van der Waals surface area contributed by atoms with E-state index in [1.165, 1.54) is 19.4 Å². The Kier molecular flexibility index (Phi) is 5.43. The van der Waals surface area contributed by atoms with Gasteiger partial charge in [-0.15, -0.1) is 0 Å². The Morgan fingerprint density at radius 1 is 1.21 bits per heavy atom. The highest BCUT2D eigenvalue weighted by atomic mass is 16.5. The lowest BCUT2D eigenvalue weighted by Crippen LogP contribution is -2.39. The number of nitrogens with zero attached hydrogens (tertiary/aromatic N) is 2. The molecular weight excluding hydrogens is 304 g/mol. The molecule has 0 aliphatic carbocycles. The number of rotatable bonds is 6. The molecule has 5 heteroatoms. The van der Waals surface area contributed by atoms with Gasteiger partial charge in [0.2, 0.25) is 0 Å². The molecule has 0 N–H and O–H groups in total. The van der Waals surface area contributed by atoms with Gasteiger partial charge in [-0.3, -0.25) is 9.88 Å². The van der Waals surface area contributed by atoms with Gasteiger partial charge < -0.3 is 14.2 Å². The number of pyridine rings is 1. The van der Waals surface area contributed by atoms with Gasteiger partial charge in [-0.05, 0) is 37.3 Å². The Bertz CT molecular complexity index is 507. The summed E-state index contributed by atoms with van der Waals surface area (Å²) in [6.45, 7) is 6.46. The monoisotopic (exact) mass is 332 g/mol. The fraction of sp³-hybridized carbons (Fsp3) is 0.737. The highest BCUT2D eigenvalue weighted by Gasteiger charge is 2.45. The van der Waals surface area contributed by atoms with Crippen LogP contribution in [0.25, 0.3) is 0 Å². The second-order valence-electron chi connectivity index (χ2n) is 7.26. The molecule has 3 aliphatic heterocycles. The van der Waals surface area contributed by atoms with E-state index in [2.05, 4.69) is 9.88 Å². The summed E-state index contributed by atoms with van der Waals surface area (Å²) in [5.41, 5.74) is 1.00. The van der Waals surface area contributed by atoms with E-state index in [4.69, 9.17) is 14.2 Å². The largest absolute Gasteiger partial charge is 0.381 e. The number of fused-ring (bicyclic) bond motifs is 1. The molecule has 4 rings (SSSR count). The van der Waals surface area contributed by atoms with Crippen LogP contribution in [-0.4, -0.2) is 61.5 Å². The first-order chi connectivity index (χ1) is 11.9. The lowest BCUT2D eigenvalue weighted by Gasteiger charge is -2.31. The molecule has 0 amide bonds. The van der Waals surface area contributed by atoms with Crippen LogP contribution in [0.4, 0.5) is 0 Å². The van der Waals surface area contributed by atoms with Crippen molar-refractivity contribution in [3.63, 3.8) is 0 Å². The summed E-state index contributed by atoms with van der Waals surface area (Å²) >= 11 is 0. The lowest BCUT2D eigenvalue weighted by molar-refractivity contribution is 0.0268. The molecule has 0 bridgehead atoms. The van der Waals surface area contributed by atoms with Gasteiger partial charge in [0, 0.05) is 51.1 Å². The summed E-state index contributed by atoms with van der Waals surface area (Å²) in [6, 6.07) is 6.65. The SMILES string of the molecule is c1ccc(COCC[C@H]2CO[C@H]3CN(C4CCOCC4)C[C@@H]23)nc1. The molecule has 0 saturated carbocycles. The van der Waals surface area contributed by atoms with Crippen molar-refractivity contribution >= 4 is 0 Å². The summed E-state index contributed by atoms with van der Waals surface area (Å²) in [4.78, 5) is 6.95. The van der Waals surface area contributed by atoms with Gasteiger partial charge in [0.1, 0.15) is 0 Å². The van der Waals surface area contributed by atoms with Gasteiger partial charge in [-0.1, -0.05) is 6.07 Å². The molecule has 0 radical (unpaired) electrons. The molecule has 3 atom stereocenters. The molecule has 3 saturated heterocycles.